The largest absolute Gasteiger partial charge is 0.484 e. The van der Waals surface area contributed by atoms with Crippen LogP contribution in [0.3, 0.4) is 0 Å². The molecule has 0 aliphatic heterocycles. The van der Waals surface area contributed by atoms with E-state index in [2.05, 4.69) is 10.3 Å². The van der Waals surface area contributed by atoms with E-state index in [-0.39, 0.29) is 17.4 Å². The predicted molar refractivity (Wildman–Crippen MR) is 111 cm³/mol. The Labute approximate surface area is 165 Å². The molecular formula is C20H16N2O4S2. The van der Waals surface area contributed by atoms with Crippen molar-refractivity contribution in [1.29, 1.82) is 0 Å². The molecule has 3 aromatic carbocycles. The molecule has 0 bridgehead atoms. The van der Waals surface area contributed by atoms with E-state index >= 15 is 0 Å². The minimum atomic E-state index is -3.29. The first-order valence-corrected chi connectivity index (χ1v) is 11.1. The Balaban J connectivity index is 1.44. The number of thiazole rings is 1. The van der Waals surface area contributed by atoms with E-state index in [9.17, 15) is 13.2 Å². The smallest absolute Gasteiger partial charge is 0.264 e. The lowest BCUT2D eigenvalue weighted by Gasteiger charge is -2.07. The Bertz CT molecular complexity index is 1300. The second-order valence-corrected chi connectivity index (χ2v) is 9.31. The fourth-order valence-corrected chi connectivity index (χ4v) is 4.39. The van der Waals surface area contributed by atoms with Gasteiger partial charge in [0.1, 0.15) is 5.75 Å². The summed E-state index contributed by atoms with van der Waals surface area (Å²) < 4.78 is 29.6. The van der Waals surface area contributed by atoms with Crippen LogP contribution in [-0.2, 0) is 14.6 Å². The molecule has 1 N–H and O–H groups in total. The molecule has 8 heteroatoms. The van der Waals surface area contributed by atoms with Gasteiger partial charge in [0.05, 0.1) is 15.1 Å². The number of hydrogen-bond acceptors (Lipinski definition) is 6. The highest BCUT2D eigenvalue weighted by Crippen LogP contribution is 2.28. The summed E-state index contributed by atoms with van der Waals surface area (Å²) in [5.74, 6) is 0.270. The van der Waals surface area contributed by atoms with Crippen molar-refractivity contribution in [2.24, 2.45) is 0 Å². The number of nitrogens with one attached hydrogen (secondary N) is 1. The number of carbonyl (C=O) groups is 1. The topological polar surface area (TPSA) is 85.4 Å². The molecule has 0 unspecified atom stereocenters. The number of carbonyl (C=O) groups excluding carboxylic acids is 1. The third kappa shape index (κ3) is 3.97. The second-order valence-electron chi connectivity index (χ2n) is 6.27. The molecule has 0 fully saturated rings. The van der Waals surface area contributed by atoms with Crippen molar-refractivity contribution in [1.82, 2.24) is 4.98 Å². The Morgan fingerprint density at radius 2 is 1.86 bits per heavy atom. The maximum atomic E-state index is 12.2. The Morgan fingerprint density at radius 3 is 2.64 bits per heavy atom. The van der Waals surface area contributed by atoms with Gasteiger partial charge >= 0.3 is 0 Å². The van der Waals surface area contributed by atoms with Gasteiger partial charge in [-0.15, -0.1) is 0 Å². The Morgan fingerprint density at radius 1 is 1.07 bits per heavy atom. The van der Waals surface area contributed by atoms with Crippen LogP contribution in [-0.4, -0.2) is 32.2 Å². The minimum Gasteiger partial charge on any atom is -0.484 e. The minimum absolute atomic E-state index is 0.150. The van der Waals surface area contributed by atoms with Crippen molar-refractivity contribution in [2.75, 3.05) is 18.2 Å². The summed E-state index contributed by atoms with van der Waals surface area (Å²) in [6, 6.07) is 18.2. The first-order chi connectivity index (χ1) is 13.4. The van der Waals surface area contributed by atoms with Gasteiger partial charge in [-0.1, -0.05) is 41.7 Å². The van der Waals surface area contributed by atoms with Crippen molar-refractivity contribution in [3.05, 3.63) is 60.7 Å². The van der Waals surface area contributed by atoms with Crippen LogP contribution in [0.4, 0.5) is 5.13 Å². The van der Waals surface area contributed by atoms with Crippen LogP contribution in [0.5, 0.6) is 5.75 Å². The van der Waals surface area contributed by atoms with E-state index in [1.54, 1.807) is 12.1 Å². The van der Waals surface area contributed by atoms with Gasteiger partial charge in [0.2, 0.25) is 0 Å². The van der Waals surface area contributed by atoms with Crippen molar-refractivity contribution in [2.45, 2.75) is 4.90 Å². The van der Waals surface area contributed by atoms with Crippen LogP contribution in [0.1, 0.15) is 0 Å². The first kappa shape index (κ1) is 18.4. The SMILES string of the molecule is CS(=O)(=O)c1ccc2nc(NC(=O)COc3ccc4ccccc4c3)sc2c1. The van der Waals surface area contributed by atoms with Gasteiger partial charge in [-0.2, -0.15) is 0 Å². The zero-order chi connectivity index (χ0) is 19.7. The number of hydrogen-bond donors (Lipinski definition) is 1. The monoisotopic (exact) mass is 412 g/mol. The van der Waals surface area contributed by atoms with Crippen LogP contribution >= 0.6 is 11.3 Å². The average Bonchev–Trinajstić information content (AvgIpc) is 3.07. The maximum absolute atomic E-state index is 12.2. The van der Waals surface area contributed by atoms with E-state index in [0.717, 1.165) is 17.0 Å². The molecular weight excluding hydrogens is 396 g/mol. The van der Waals surface area contributed by atoms with Gasteiger partial charge in [0.25, 0.3) is 5.91 Å². The summed E-state index contributed by atoms with van der Waals surface area (Å²) in [6.45, 7) is -0.150. The van der Waals surface area contributed by atoms with Crippen molar-refractivity contribution in [3.8, 4) is 5.75 Å². The standard InChI is InChI=1S/C20H16N2O4S2/c1-28(24,25)16-8-9-17-18(11-16)27-20(21-17)22-19(23)12-26-15-7-6-13-4-2-3-5-14(13)10-15/h2-11H,12H2,1H3,(H,21,22,23). The van der Waals surface area contributed by atoms with Crippen molar-refractivity contribution in [3.63, 3.8) is 0 Å². The molecule has 142 valence electrons. The number of rotatable bonds is 5. The normalized spacial score (nSPS) is 11.6. The molecule has 1 heterocycles. The Hall–Kier alpha value is -2.97. The van der Waals surface area contributed by atoms with Gasteiger partial charge < -0.3 is 4.74 Å². The summed E-state index contributed by atoms with van der Waals surface area (Å²) in [4.78, 5) is 16.7. The number of anilines is 1. The fourth-order valence-electron chi connectivity index (χ4n) is 2.75. The highest BCUT2D eigenvalue weighted by Gasteiger charge is 2.12. The Kier molecular flexibility index (Phi) is 4.74. The average molecular weight is 412 g/mol. The van der Waals surface area contributed by atoms with Crippen LogP contribution in [0.2, 0.25) is 0 Å². The van der Waals surface area contributed by atoms with Crippen molar-refractivity contribution >= 4 is 53.2 Å². The molecule has 4 rings (SSSR count). The number of nitrogens with zero attached hydrogens (tertiary/aromatic N) is 1. The molecule has 0 saturated carbocycles. The molecule has 0 saturated heterocycles. The summed E-state index contributed by atoms with van der Waals surface area (Å²) in [5.41, 5.74) is 0.628. The predicted octanol–water partition coefficient (Wildman–Crippen LogP) is 3.87. The molecule has 0 atom stereocenters. The summed E-state index contributed by atoms with van der Waals surface area (Å²) >= 11 is 1.22. The number of ether oxygens (including phenoxy) is 1. The first-order valence-electron chi connectivity index (χ1n) is 8.41. The fraction of sp³-hybridized carbons (Fsp3) is 0.100. The lowest BCUT2D eigenvalue weighted by atomic mass is 10.1. The molecule has 0 aliphatic carbocycles. The number of aromatic nitrogens is 1. The third-order valence-corrected chi connectivity index (χ3v) is 6.17. The van der Waals surface area contributed by atoms with Gasteiger partial charge in [-0.05, 0) is 41.1 Å². The zero-order valence-electron chi connectivity index (χ0n) is 14.9. The molecule has 0 radical (unpaired) electrons. The van der Waals surface area contributed by atoms with Crippen LogP contribution in [0.15, 0.2) is 65.6 Å². The highest BCUT2D eigenvalue weighted by molar-refractivity contribution is 7.90. The van der Waals surface area contributed by atoms with Gasteiger partial charge in [-0.25, -0.2) is 13.4 Å². The lowest BCUT2D eigenvalue weighted by molar-refractivity contribution is -0.118. The number of sulfone groups is 1. The molecule has 6 nitrogen and oxygen atoms in total. The molecule has 0 spiro atoms. The van der Waals surface area contributed by atoms with E-state index < -0.39 is 9.84 Å². The number of fused-ring (bicyclic) bond motifs is 2. The third-order valence-electron chi connectivity index (χ3n) is 4.13. The summed E-state index contributed by atoms with van der Waals surface area (Å²) in [5, 5.41) is 5.22. The van der Waals surface area contributed by atoms with E-state index in [0.29, 0.717) is 21.1 Å². The summed E-state index contributed by atoms with van der Waals surface area (Å²) in [6.07, 6.45) is 1.15. The quantitative estimate of drug-likeness (QED) is 0.538. The van der Waals surface area contributed by atoms with E-state index in [1.165, 1.54) is 17.4 Å². The molecule has 4 aromatic rings. The molecule has 1 aromatic heterocycles. The maximum Gasteiger partial charge on any atom is 0.264 e. The van der Waals surface area contributed by atoms with Gasteiger partial charge in [0.15, 0.2) is 21.6 Å². The number of amides is 1. The lowest BCUT2D eigenvalue weighted by Crippen LogP contribution is -2.19. The van der Waals surface area contributed by atoms with Gasteiger partial charge in [-0.3, -0.25) is 10.1 Å². The van der Waals surface area contributed by atoms with E-state index in [4.69, 9.17) is 4.74 Å². The second kappa shape index (κ2) is 7.21. The number of benzene rings is 3. The van der Waals surface area contributed by atoms with E-state index in [1.807, 2.05) is 42.5 Å². The highest BCUT2D eigenvalue weighted by atomic mass is 32.2. The molecule has 0 aliphatic rings. The van der Waals surface area contributed by atoms with Crippen LogP contribution in [0.25, 0.3) is 21.0 Å². The summed E-state index contributed by atoms with van der Waals surface area (Å²) in [7, 11) is -3.29. The van der Waals surface area contributed by atoms with Crippen molar-refractivity contribution < 1.29 is 17.9 Å². The van der Waals surface area contributed by atoms with Crippen LogP contribution < -0.4 is 10.1 Å². The molecule has 28 heavy (non-hydrogen) atoms. The zero-order valence-corrected chi connectivity index (χ0v) is 16.5. The van der Waals surface area contributed by atoms with Gasteiger partial charge in [0, 0.05) is 6.26 Å². The van der Waals surface area contributed by atoms with Crippen LogP contribution in [0, 0.1) is 0 Å². The molecule has 1 amide bonds.